The fourth-order valence-corrected chi connectivity index (χ4v) is 3.05. The maximum Gasteiger partial charge on any atom is 0.458 e. The molecule has 1 N–H and O–H groups in total. The Bertz CT molecular complexity index is 469. The van der Waals surface area contributed by atoms with Crippen molar-refractivity contribution >= 4 is 13.2 Å². The first-order valence-electron chi connectivity index (χ1n) is 7.98. The first-order valence-corrected chi connectivity index (χ1v) is 7.98. The lowest BCUT2D eigenvalue weighted by atomic mass is 9.65. The lowest BCUT2D eigenvalue weighted by Gasteiger charge is -2.34. The SMILES string of the molecule is CC(C)(CB1OC(C)(C)C(C)(C)O1)C1=CCN(C(=O)O)CC1. The highest BCUT2D eigenvalue weighted by Gasteiger charge is 2.52. The molecule has 0 aromatic carbocycles. The van der Waals surface area contributed by atoms with Crippen LogP contribution in [-0.4, -0.2) is 47.5 Å². The quantitative estimate of drug-likeness (QED) is 0.641. The number of rotatable bonds is 3. The van der Waals surface area contributed by atoms with Gasteiger partial charge in [-0.3, -0.25) is 0 Å². The van der Waals surface area contributed by atoms with E-state index in [1.807, 2.05) is 6.08 Å². The summed E-state index contributed by atoms with van der Waals surface area (Å²) in [7, 11) is -0.224. The van der Waals surface area contributed by atoms with Gasteiger partial charge in [-0.2, -0.15) is 0 Å². The molecule has 0 spiro atoms. The second-order valence-electron chi connectivity index (χ2n) is 7.98. The maximum absolute atomic E-state index is 11.0. The molecule has 0 bridgehead atoms. The molecule has 6 heteroatoms. The molecule has 5 nitrogen and oxygen atoms in total. The summed E-state index contributed by atoms with van der Waals surface area (Å²) in [6, 6.07) is 0. The molecule has 2 aliphatic heterocycles. The molecule has 0 atom stereocenters. The van der Waals surface area contributed by atoms with Crippen LogP contribution in [0.4, 0.5) is 4.79 Å². The van der Waals surface area contributed by atoms with Crippen molar-refractivity contribution in [2.45, 2.75) is 65.5 Å². The van der Waals surface area contributed by atoms with Gasteiger partial charge in [0.2, 0.25) is 0 Å². The summed E-state index contributed by atoms with van der Waals surface area (Å²) in [6.45, 7) is 13.6. The Hall–Kier alpha value is -1.01. The standard InChI is InChI=1S/C16H28BNO4/c1-14(2,12-7-9-18(10-8-12)13(19)20)11-17-21-15(3,4)16(5,6)22-17/h7H,8-11H2,1-6H3,(H,19,20). The molecule has 0 aliphatic carbocycles. The van der Waals surface area contributed by atoms with Crippen LogP contribution >= 0.6 is 0 Å². The Morgan fingerprint density at radius 3 is 2.27 bits per heavy atom. The number of carboxylic acid groups (broad SMARTS) is 1. The molecule has 0 radical (unpaired) electrons. The van der Waals surface area contributed by atoms with E-state index in [-0.39, 0.29) is 23.7 Å². The third kappa shape index (κ3) is 3.33. The molecule has 124 valence electrons. The molecular weight excluding hydrogens is 281 g/mol. The van der Waals surface area contributed by atoms with Gasteiger partial charge in [-0.05, 0) is 45.9 Å². The molecule has 22 heavy (non-hydrogen) atoms. The van der Waals surface area contributed by atoms with Gasteiger partial charge < -0.3 is 19.3 Å². The number of carbonyl (C=O) groups is 1. The predicted molar refractivity (Wildman–Crippen MR) is 87.0 cm³/mol. The molecule has 2 aliphatic rings. The van der Waals surface area contributed by atoms with Gasteiger partial charge in [0.15, 0.2) is 0 Å². The van der Waals surface area contributed by atoms with Gasteiger partial charge in [0.25, 0.3) is 0 Å². The summed E-state index contributed by atoms with van der Waals surface area (Å²) in [5.41, 5.74) is 0.606. The minimum absolute atomic E-state index is 0.0637. The zero-order valence-corrected chi connectivity index (χ0v) is 14.6. The molecule has 0 unspecified atom stereocenters. The molecule has 1 saturated heterocycles. The monoisotopic (exact) mass is 309 g/mol. The van der Waals surface area contributed by atoms with E-state index in [2.05, 4.69) is 41.5 Å². The molecule has 1 amide bonds. The molecule has 2 rings (SSSR count). The summed E-state index contributed by atoms with van der Waals surface area (Å²) >= 11 is 0. The van der Waals surface area contributed by atoms with Crippen LogP contribution in [-0.2, 0) is 9.31 Å². The predicted octanol–water partition coefficient (Wildman–Crippen LogP) is 3.41. The van der Waals surface area contributed by atoms with Crippen LogP contribution in [0.1, 0.15) is 48.0 Å². The molecule has 0 saturated carbocycles. The minimum atomic E-state index is -0.848. The first-order chi connectivity index (χ1) is 9.95. The number of amides is 1. The van der Waals surface area contributed by atoms with E-state index >= 15 is 0 Å². The Kier molecular flexibility index (Phi) is 4.39. The average Bonchev–Trinajstić information content (AvgIpc) is 2.56. The zero-order valence-electron chi connectivity index (χ0n) is 14.6. The van der Waals surface area contributed by atoms with Crippen molar-refractivity contribution in [1.29, 1.82) is 0 Å². The number of hydrogen-bond acceptors (Lipinski definition) is 3. The molecule has 0 aromatic heterocycles. The number of nitrogens with zero attached hydrogens (tertiary/aromatic N) is 1. The molecule has 1 fully saturated rings. The summed E-state index contributed by atoms with van der Waals surface area (Å²) in [4.78, 5) is 12.4. The van der Waals surface area contributed by atoms with Gasteiger partial charge in [-0.1, -0.05) is 25.5 Å². The Balaban J connectivity index is 2.02. The van der Waals surface area contributed by atoms with E-state index in [4.69, 9.17) is 14.4 Å². The summed E-state index contributed by atoms with van der Waals surface area (Å²) in [5, 5.41) is 9.03. The van der Waals surface area contributed by atoms with E-state index in [0.29, 0.717) is 13.1 Å². The van der Waals surface area contributed by atoms with Gasteiger partial charge in [-0.15, -0.1) is 0 Å². The van der Waals surface area contributed by atoms with Gasteiger partial charge >= 0.3 is 13.2 Å². The van der Waals surface area contributed by atoms with Gasteiger partial charge in [0, 0.05) is 13.1 Å². The van der Waals surface area contributed by atoms with Crippen molar-refractivity contribution in [1.82, 2.24) is 4.90 Å². The van der Waals surface area contributed by atoms with Crippen molar-refractivity contribution in [3.63, 3.8) is 0 Å². The Morgan fingerprint density at radius 1 is 1.32 bits per heavy atom. The summed E-state index contributed by atoms with van der Waals surface area (Å²) < 4.78 is 12.2. The zero-order chi connectivity index (χ0) is 16.8. The van der Waals surface area contributed by atoms with Crippen LogP contribution in [0.15, 0.2) is 11.6 Å². The third-order valence-electron chi connectivity index (χ3n) is 5.33. The summed E-state index contributed by atoms with van der Waals surface area (Å²) in [6.07, 6.45) is 2.75. The first kappa shape index (κ1) is 17.4. The van der Waals surface area contributed by atoms with E-state index in [1.54, 1.807) is 0 Å². The van der Waals surface area contributed by atoms with E-state index < -0.39 is 6.09 Å². The summed E-state index contributed by atoms with van der Waals surface area (Å²) in [5.74, 6) is 0. The highest BCUT2D eigenvalue weighted by Crippen LogP contribution is 2.43. The highest BCUT2D eigenvalue weighted by molar-refractivity contribution is 6.45. The van der Waals surface area contributed by atoms with Crippen LogP contribution in [0.3, 0.4) is 0 Å². The van der Waals surface area contributed by atoms with Crippen molar-refractivity contribution in [2.75, 3.05) is 13.1 Å². The lowest BCUT2D eigenvalue weighted by Crippen LogP contribution is -2.41. The lowest BCUT2D eigenvalue weighted by molar-refractivity contribution is 0.00578. The normalized spacial score (nSPS) is 24.4. The van der Waals surface area contributed by atoms with Crippen molar-refractivity contribution < 1.29 is 19.2 Å². The van der Waals surface area contributed by atoms with Crippen LogP contribution in [0.2, 0.25) is 6.32 Å². The smallest absolute Gasteiger partial charge is 0.458 e. The second-order valence-corrected chi connectivity index (χ2v) is 7.98. The Morgan fingerprint density at radius 2 is 1.86 bits per heavy atom. The van der Waals surface area contributed by atoms with E-state index in [9.17, 15) is 4.79 Å². The highest BCUT2D eigenvalue weighted by atomic mass is 16.7. The molecular formula is C16H28BNO4. The van der Waals surface area contributed by atoms with E-state index in [1.165, 1.54) is 10.5 Å². The van der Waals surface area contributed by atoms with Crippen LogP contribution in [0, 0.1) is 5.41 Å². The minimum Gasteiger partial charge on any atom is -0.465 e. The van der Waals surface area contributed by atoms with Crippen LogP contribution in [0.5, 0.6) is 0 Å². The largest absolute Gasteiger partial charge is 0.465 e. The van der Waals surface area contributed by atoms with E-state index in [0.717, 1.165) is 12.7 Å². The average molecular weight is 309 g/mol. The van der Waals surface area contributed by atoms with Gasteiger partial charge in [-0.25, -0.2) is 4.79 Å². The van der Waals surface area contributed by atoms with Crippen LogP contribution < -0.4 is 0 Å². The second kappa shape index (κ2) is 5.57. The fourth-order valence-electron chi connectivity index (χ4n) is 3.05. The maximum atomic E-state index is 11.0. The topological polar surface area (TPSA) is 59.0 Å². The van der Waals surface area contributed by atoms with Gasteiger partial charge in [0.1, 0.15) is 0 Å². The van der Waals surface area contributed by atoms with Gasteiger partial charge in [0.05, 0.1) is 11.2 Å². The molecule has 2 heterocycles. The Labute approximate surface area is 133 Å². The van der Waals surface area contributed by atoms with Crippen molar-refractivity contribution in [3.8, 4) is 0 Å². The third-order valence-corrected chi connectivity index (χ3v) is 5.33. The van der Waals surface area contributed by atoms with Crippen molar-refractivity contribution in [2.24, 2.45) is 5.41 Å². The molecule has 0 aromatic rings. The number of hydrogen-bond donors (Lipinski definition) is 1. The fraction of sp³-hybridized carbons (Fsp3) is 0.812. The van der Waals surface area contributed by atoms with Crippen LogP contribution in [0.25, 0.3) is 0 Å². The van der Waals surface area contributed by atoms with Crippen molar-refractivity contribution in [3.05, 3.63) is 11.6 Å².